The van der Waals surface area contributed by atoms with Crippen molar-refractivity contribution in [1.29, 1.82) is 0 Å². The molecule has 4 nitrogen and oxygen atoms in total. The minimum atomic E-state index is 0.171. The van der Waals surface area contributed by atoms with Crippen LogP contribution in [0.25, 0.3) is 11.4 Å². The minimum absolute atomic E-state index is 0.171. The van der Waals surface area contributed by atoms with Crippen molar-refractivity contribution in [3.05, 3.63) is 36.2 Å². The molecular weight excluding hydrogens is 224 g/mol. The van der Waals surface area contributed by atoms with Gasteiger partial charge in [0.15, 0.2) is 0 Å². The highest BCUT2D eigenvalue weighted by Crippen LogP contribution is 2.17. The first-order valence-electron chi connectivity index (χ1n) is 4.97. The highest BCUT2D eigenvalue weighted by atomic mass is 32.2. The second kappa shape index (κ2) is 5.67. The second-order valence-electron chi connectivity index (χ2n) is 3.15. The Morgan fingerprint density at radius 3 is 2.81 bits per heavy atom. The van der Waals surface area contributed by atoms with Gasteiger partial charge in [0.25, 0.3) is 0 Å². The van der Waals surface area contributed by atoms with Gasteiger partial charge in [-0.3, -0.25) is 0 Å². The van der Waals surface area contributed by atoms with Crippen LogP contribution in [0.2, 0.25) is 0 Å². The van der Waals surface area contributed by atoms with Gasteiger partial charge in [0, 0.05) is 11.3 Å². The molecule has 84 valence electrons. The molecule has 0 aliphatic rings. The Bertz CT molecular complexity index is 431. The minimum Gasteiger partial charge on any atom is -0.396 e. The summed E-state index contributed by atoms with van der Waals surface area (Å²) in [7, 11) is 0. The highest BCUT2D eigenvalue weighted by molar-refractivity contribution is 7.98. The fraction of sp³-hybridized carbons (Fsp3) is 0.273. The standard InChI is InChI=1S/C11H12N2O2S/c14-6-7-16-8-10-12-11(13-15-10)9-4-2-1-3-5-9/h1-5,14H,6-8H2. The molecule has 0 saturated carbocycles. The molecule has 0 fully saturated rings. The zero-order valence-corrected chi connectivity index (χ0v) is 9.48. The molecule has 0 radical (unpaired) electrons. The van der Waals surface area contributed by atoms with Crippen molar-refractivity contribution in [2.75, 3.05) is 12.4 Å². The van der Waals surface area contributed by atoms with Crippen LogP contribution in [0.1, 0.15) is 5.89 Å². The first kappa shape index (κ1) is 11.2. The molecule has 0 atom stereocenters. The second-order valence-corrected chi connectivity index (χ2v) is 4.26. The Hall–Kier alpha value is -1.33. The van der Waals surface area contributed by atoms with E-state index in [4.69, 9.17) is 9.63 Å². The SMILES string of the molecule is OCCSCc1nc(-c2ccccc2)no1. The molecule has 16 heavy (non-hydrogen) atoms. The molecule has 0 amide bonds. The van der Waals surface area contributed by atoms with Crippen molar-refractivity contribution < 1.29 is 9.63 Å². The molecule has 1 heterocycles. The summed E-state index contributed by atoms with van der Waals surface area (Å²) in [6.45, 7) is 0.171. The van der Waals surface area contributed by atoms with Crippen molar-refractivity contribution in [1.82, 2.24) is 10.1 Å². The number of benzene rings is 1. The summed E-state index contributed by atoms with van der Waals surface area (Å²) in [5.74, 6) is 2.53. The van der Waals surface area contributed by atoms with Crippen molar-refractivity contribution in [3.63, 3.8) is 0 Å². The fourth-order valence-electron chi connectivity index (χ4n) is 1.24. The van der Waals surface area contributed by atoms with Gasteiger partial charge in [-0.25, -0.2) is 0 Å². The largest absolute Gasteiger partial charge is 0.396 e. The quantitative estimate of drug-likeness (QED) is 0.804. The summed E-state index contributed by atoms with van der Waals surface area (Å²) < 4.78 is 5.10. The molecular formula is C11H12N2O2S. The summed E-state index contributed by atoms with van der Waals surface area (Å²) >= 11 is 1.57. The third kappa shape index (κ3) is 2.84. The van der Waals surface area contributed by atoms with Crippen LogP contribution in [0.5, 0.6) is 0 Å². The van der Waals surface area contributed by atoms with E-state index in [1.165, 1.54) is 0 Å². The average Bonchev–Trinajstić information content (AvgIpc) is 2.79. The lowest BCUT2D eigenvalue weighted by Gasteiger charge is -1.92. The van der Waals surface area contributed by atoms with Crippen LogP contribution in [0, 0.1) is 0 Å². The molecule has 1 N–H and O–H groups in total. The number of hydrogen-bond donors (Lipinski definition) is 1. The van der Waals surface area contributed by atoms with Crippen LogP contribution >= 0.6 is 11.8 Å². The van der Waals surface area contributed by atoms with E-state index in [0.717, 1.165) is 5.56 Å². The number of aliphatic hydroxyl groups excluding tert-OH is 1. The number of thioether (sulfide) groups is 1. The van der Waals surface area contributed by atoms with Gasteiger partial charge in [-0.05, 0) is 0 Å². The summed E-state index contributed by atoms with van der Waals surface area (Å²) in [6.07, 6.45) is 0. The smallest absolute Gasteiger partial charge is 0.236 e. The predicted molar refractivity (Wildman–Crippen MR) is 63.0 cm³/mol. The number of aromatic nitrogens is 2. The molecule has 1 aromatic heterocycles. The van der Waals surface area contributed by atoms with Gasteiger partial charge in [-0.15, -0.1) is 11.8 Å². The molecule has 5 heteroatoms. The van der Waals surface area contributed by atoms with Gasteiger partial charge < -0.3 is 9.63 Å². The van der Waals surface area contributed by atoms with E-state index in [9.17, 15) is 0 Å². The molecule has 0 saturated heterocycles. The Balaban J connectivity index is 2.02. The third-order valence-corrected chi connectivity index (χ3v) is 2.88. The number of rotatable bonds is 5. The lowest BCUT2D eigenvalue weighted by molar-refractivity contribution is 0.322. The van der Waals surface area contributed by atoms with E-state index in [2.05, 4.69) is 10.1 Å². The van der Waals surface area contributed by atoms with Crippen molar-refractivity contribution in [2.45, 2.75) is 5.75 Å². The highest BCUT2D eigenvalue weighted by Gasteiger charge is 2.07. The Labute approximate surface area is 97.7 Å². The molecule has 2 rings (SSSR count). The van der Waals surface area contributed by atoms with E-state index >= 15 is 0 Å². The maximum Gasteiger partial charge on any atom is 0.236 e. The molecule has 2 aromatic rings. The first-order valence-corrected chi connectivity index (χ1v) is 6.12. The van der Waals surface area contributed by atoms with Gasteiger partial charge in [0.05, 0.1) is 12.4 Å². The van der Waals surface area contributed by atoms with Crippen LogP contribution in [0.4, 0.5) is 0 Å². The van der Waals surface area contributed by atoms with E-state index in [0.29, 0.717) is 23.2 Å². The lowest BCUT2D eigenvalue weighted by atomic mass is 10.2. The van der Waals surface area contributed by atoms with Crippen LogP contribution in [-0.4, -0.2) is 27.6 Å². The Morgan fingerprint density at radius 2 is 2.06 bits per heavy atom. The zero-order chi connectivity index (χ0) is 11.2. The van der Waals surface area contributed by atoms with Gasteiger partial charge >= 0.3 is 0 Å². The normalized spacial score (nSPS) is 10.6. The zero-order valence-electron chi connectivity index (χ0n) is 8.67. The van der Waals surface area contributed by atoms with Gasteiger partial charge in [0.2, 0.25) is 11.7 Å². The van der Waals surface area contributed by atoms with E-state index in [1.54, 1.807) is 11.8 Å². The van der Waals surface area contributed by atoms with Crippen LogP contribution in [-0.2, 0) is 5.75 Å². The maximum absolute atomic E-state index is 8.64. The van der Waals surface area contributed by atoms with Crippen molar-refractivity contribution in [3.8, 4) is 11.4 Å². The van der Waals surface area contributed by atoms with Crippen LogP contribution in [0.15, 0.2) is 34.9 Å². The van der Waals surface area contributed by atoms with E-state index in [-0.39, 0.29) is 6.61 Å². The number of aliphatic hydroxyl groups is 1. The summed E-state index contributed by atoms with van der Waals surface area (Å²) in [5, 5.41) is 12.5. The van der Waals surface area contributed by atoms with Crippen LogP contribution < -0.4 is 0 Å². The molecule has 0 unspecified atom stereocenters. The molecule has 0 aliphatic carbocycles. The molecule has 0 bridgehead atoms. The Morgan fingerprint density at radius 1 is 1.25 bits per heavy atom. The molecule has 0 spiro atoms. The van der Waals surface area contributed by atoms with Crippen molar-refractivity contribution >= 4 is 11.8 Å². The summed E-state index contributed by atoms with van der Waals surface area (Å²) in [5.41, 5.74) is 0.949. The van der Waals surface area contributed by atoms with Gasteiger partial charge in [0.1, 0.15) is 0 Å². The van der Waals surface area contributed by atoms with Gasteiger partial charge in [-0.2, -0.15) is 4.98 Å². The van der Waals surface area contributed by atoms with Crippen LogP contribution in [0.3, 0.4) is 0 Å². The summed E-state index contributed by atoms with van der Waals surface area (Å²) in [6, 6.07) is 9.70. The van der Waals surface area contributed by atoms with E-state index < -0.39 is 0 Å². The summed E-state index contributed by atoms with van der Waals surface area (Å²) in [4.78, 5) is 4.27. The number of hydrogen-bond acceptors (Lipinski definition) is 5. The third-order valence-electron chi connectivity index (χ3n) is 1.96. The topological polar surface area (TPSA) is 59.2 Å². The van der Waals surface area contributed by atoms with Crippen molar-refractivity contribution in [2.24, 2.45) is 0 Å². The Kier molecular flexibility index (Phi) is 3.96. The average molecular weight is 236 g/mol. The van der Waals surface area contributed by atoms with E-state index in [1.807, 2.05) is 30.3 Å². The molecule has 0 aliphatic heterocycles. The number of nitrogens with zero attached hydrogens (tertiary/aromatic N) is 2. The first-order chi connectivity index (χ1) is 7.90. The monoisotopic (exact) mass is 236 g/mol. The predicted octanol–water partition coefficient (Wildman–Crippen LogP) is 1.96. The fourth-order valence-corrected chi connectivity index (χ4v) is 1.81. The van der Waals surface area contributed by atoms with Gasteiger partial charge in [-0.1, -0.05) is 35.5 Å². The maximum atomic E-state index is 8.64. The lowest BCUT2D eigenvalue weighted by Crippen LogP contribution is -1.88. The molecule has 1 aromatic carbocycles.